The molecule has 2 N–H and O–H groups in total. The molecule has 0 saturated heterocycles. The number of halogens is 2. The van der Waals surface area contributed by atoms with Crippen LogP contribution in [0.15, 0.2) is 0 Å². The highest BCUT2D eigenvalue weighted by Crippen LogP contribution is 2.41. The summed E-state index contributed by atoms with van der Waals surface area (Å²) in [6, 6.07) is -0.676. The summed E-state index contributed by atoms with van der Waals surface area (Å²) < 4.78 is 24.0. The molecule has 54 valence electrons. The average molecular weight is 137 g/mol. The standard InChI is InChI=1S/C5H9F2NO/c6-5(7)3-4(5)8-1-2-9/h4,8-9H,1-3H2. The number of hydrogen-bond donors (Lipinski definition) is 2. The molecule has 0 heterocycles. The van der Waals surface area contributed by atoms with E-state index < -0.39 is 12.0 Å². The van der Waals surface area contributed by atoms with Gasteiger partial charge in [-0.25, -0.2) is 8.78 Å². The third-order valence-electron chi connectivity index (χ3n) is 1.33. The average Bonchev–Trinajstić information content (AvgIpc) is 2.35. The Balaban J connectivity index is 2.06. The molecule has 2 nitrogen and oxygen atoms in total. The van der Waals surface area contributed by atoms with E-state index in [4.69, 9.17) is 5.11 Å². The van der Waals surface area contributed by atoms with Crippen LogP contribution in [0.2, 0.25) is 0 Å². The first kappa shape index (κ1) is 6.89. The fourth-order valence-electron chi connectivity index (χ4n) is 0.673. The number of aliphatic hydroxyl groups excluding tert-OH is 1. The van der Waals surface area contributed by atoms with E-state index in [9.17, 15) is 8.78 Å². The Kier molecular flexibility index (Phi) is 1.68. The van der Waals surface area contributed by atoms with Crippen molar-refractivity contribution in [3.8, 4) is 0 Å². The molecular formula is C5H9F2NO. The minimum absolute atomic E-state index is 0.0764. The van der Waals surface area contributed by atoms with E-state index in [-0.39, 0.29) is 19.6 Å². The van der Waals surface area contributed by atoms with Crippen molar-refractivity contribution >= 4 is 0 Å². The molecule has 1 fully saturated rings. The predicted octanol–water partition coefficient (Wildman–Crippen LogP) is -0.0241. The van der Waals surface area contributed by atoms with E-state index in [0.29, 0.717) is 0 Å². The van der Waals surface area contributed by atoms with Crippen molar-refractivity contribution < 1.29 is 13.9 Å². The maximum atomic E-state index is 12.0. The van der Waals surface area contributed by atoms with Gasteiger partial charge in [0, 0.05) is 13.0 Å². The number of rotatable bonds is 3. The van der Waals surface area contributed by atoms with Gasteiger partial charge in [-0.2, -0.15) is 0 Å². The van der Waals surface area contributed by atoms with Crippen molar-refractivity contribution in [2.45, 2.75) is 18.4 Å². The Labute approximate surface area is 51.9 Å². The van der Waals surface area contributed by atoms with Gasteiger partial charge in [0.15, 0.2) is 0 Å². The van der Waals surface area contributed by atoms with E-state index in [0.717, 1.165) is 0 Å². The lowest BCUT2D eigenvalue weighted by Crippen LogP contribution is -2.24. The quantitative estimate of drug-likeness (QED) is 0.572. The highest BCUT2D eigenvalue weighted by atomic mass is 19.3. The van der Waals surface area contributed by atoms with Gasteiger partial charge in [0.05, 0.1) is 12.6 Å². The van der Waals surface area contributed by atoms with E-state index >= 15 is 0 Å². The van der Waals surface area contributed by atoms with Crippen LogP contribution in [0.3, 0.4) is 0 Å². The SMILES string of the molecule is OCCNC1CC1(F)F. The van der Waals surface area contributed by atoms with Crippen LogP contribution in [-0.2, 0) is 0 Å². The normalized spacial score (nSPS) is 30.3. The van der Waals surface area contributed by atoms with Crippen molar-refractivity contribution in [3.05, 3.63) is 0 Å². The van der Waals surface area contributed by atoms with Crippen molar-refractivity contribution in [1.29, 1.82) is 0 Å². The number of hydrogen-bond acceptors (Lipinski definition) is 2. The van der Waals surface area contributed by atoms with E-state index in [1.807, 2.05) is 0 Å². The van der Waals surface area contributed by atoms with Crippen LogP contribution in [0.1, 0.15) is 6.42 Å². The molecule has 0 aromatic carbocycles. The number of alkyl halides is 2. The molecule has 1 aliphatic carbocycles. The summed E-state index contributed by atoms with van der Waals surface area (Å²) >= 11 is 0. The van der Waals surface area contributed by atoms with Crippen LogP contribution in [0.5, 0.6) is 0 Å². The van der Waals surface area contributed by atoms with Crippen LogP contribution in [0.25, 0.3) is 0 Å². The molecule has 9 heavy (non-hydrogen) atoms. The molecule has 1 rings (SSSR count). The van der Waals surface area contributed by atoms with Crippen LogP contribution in [0.4, 0.5) is 8.78 Å². The zero-order valence-corrected chi connectivity index (χ0v) is 4.90. The summed E-state index contributed by atoms with van der Waals surface area (Å²) in [6.07, 6.45) is -0.0764. The van der Waals surface area contributed by atoms with Crippen LogP contribution < -0.4 is 5.32 Å². The minimum atomic E-state index is -2.50. The molecule has 4 heteroatoms. The van der Waals surface area contributed by atoms with Gasteiger partial charge < -0.3 is 10.4 Å². The molecule has 1 saturated carbocycles. The molecule has 1 atom stereocenters. The summed E-state index contributed by atoms with van der Waals surface area (Å²) in [5, 5.41) is 10.7. The van der Waals surface area contributed by atoms with Gasteiger partial charge in [-0.3, -0.25) is 0 Å². The summed E-state index contributed by atoms with van der Waals surface area (Å²) in [7, 11) is 0. The zero-order chi connectivity index (χ0) is 6.91. The maximum absolute atomic E-state index is 12.0. The van der Waals surface area contributed by atoms with E-state index in [2.05, 4.69) is 5.32 Å². The van der Waals surface area contributed by atoms with Crippen LogP contribution in [0, 0.1) is 0 Å². The second-order valence-corrected chi connectivity index (χ2v) is 2.20. The fourth-order valence-corrected chi connectivity index (χ4v) is 0.673. The predicted molar refractivity (Wildman–Crippen MR) is 28.4 cm³/mol. The van der Waals surface area contributed by atoms with Crippen LogP contribution in [-0.4, -0.2) is 30.2 Å². The topological polar surface area (TPSA) is 32.3 Å². The molecule has 0 amide bonds. The van der Waals surface area contributed by atoms with Crippen molar-refractivity contribution in [2.24, 2.45) is 0 Å². The zero-order valence-electron chi connectivity index (χ0n) is 4.90. The number of nitrogens with one attached hydrogen (secondary N) is 1. The van der Waals surface area contributed by atoms with Crippen LogP contribution >= 0.6 is 0 Å². The molecule has 0 aromatic heterocycles. The largest absolute Gasteiger partial charge is 0.395 e. The summed E-state index contributed by atoms with van der Waals surface area (Å²) in [5.41, 5.74) is 0. The summed E-state index contributed by atoms with van der Waals surface area (Å²) in [6.45, 7) is 0.187. The lowest BCUT2D eigenvalue weighted by Gasteiger charge is -1.97. The van der Waals surface area contributed by atoms with Crippen molar-refractivity contribution in [1.82, 2.24) is 5.32 Å². The smallest absolute Gasteiger partial charge is 0.265 e. The minimum Gasteiger partial charge on any atom is -0.395 e. The first-order valence-corrected chi connectivity index (χ1v) is 2.89. The Morgan fingerprint density at radius 1 is 1.67 bits per heavy atom. The highest BCUT2D eigenvalue weighted by Gasteiger charge is 2.56. The van der Waals surface area contributed by atoms with Gasteiger partial charge in [-0.05, 0) is 0 Å². The van der Waals surface area contributed by atoms with Gasteiger partial charge >= 0.3 is 0 Å². The monoisotopic (exact) mass is 137 g/mol. The Hall–Kier alpha value is -0.220. The molecule has 0 radical (unpaired) electrons. The fraction of sp³-hybridized carbons (Fsp3) is 1.00. The van der Waals surface area contributed by atoms with Gasteiger partial charge in [0.25, 0.3) is 5.92 Å². The first-order chi connectivity index (χ1) is 4.17. The molecule has 0 aliphatic heterocycles. The highest BCUT2D eigenvalue weighted by molar-refractivity contribution is 5.01. The second kappa shape index (κ2) is 2.19. The Morgan fingerprint density at radius 3 is 2.56 bits per heavy atom. The van der Waals surface area contributed by atoms with Crippen molar-refractivity contribution in [2.75, 3.05) is 13.2 Å². The molecule has 0 spiro atoms. The Bertz CT molecular complexity index is 107. The summed E-state index contributed by atoms with van der Waals surface area (Å²) in [5.74, 6) is -2.50. The lowest BCUT2D eigenvalue weighted by atomic mass is 10.6. The van der Waals surface area contributed by atoms with E-state index in [1.54, 1.807) is 0 Å². The lowest BCUT2D eigenvalue weighted by molar-refractivity contribution is 0.105. The second-order valence-electron chi connectivity index (χ2n) is 2.20. The number of aliphatic hydroxyl groups is 1. The van der Waals surface area contributed by atoms with E-state index in [1.165, 1.54) is 0 Å². The molecular weight excluding hydrogens is 128 g/mol. The molecule has 0 aromatic rings. The van der Waals surface area contributed by atoms with Gasteiger partial charge in [0.2, 0.25) is 0 Å². The third-order valence-corrected chi connectivity index (χ3v) is 1.33. The molecule has 1 aliphatic rings. The molecule has 1 unspecified atom stereocenters. The maximum Gasteiger partial charge on any atom is 0.265 e. The van der Waals surface area contributed by atoms with Gasteiger partial charge in [0.1, 0.15) is 0 Å². The Morgan fingerprint density at radius 2 is 2.22 bits per heavy atom. The van der Waals surface area contributed by atoms with Gasteiger partial charge in [-0.15, -0.1) is 0 Å². The first-order valence-electron chi connectivity index (χ1n) is 2.89. The van der Waals surface area contributed by atoms with Crippen molar-refractivity contribution in [3.63, 3.8) is 0 Å². The summed E-state index contributed by atoms with van der Waals surface area (Å²) in [4.78, 5) is 0. The molecule has 0 bridgehead atoms. The third kappa shape index (κ3) is 1.59. The van der Waals surface area contributed by atoms with Gasteiger partial charge in [-0.1, -0.05) is 0 Å².